The zero-order chi connectivity index (χ0) is 13.2. The number of amides is 1. The Bertz CT molecular complexity index is 579. The lowest BCUT2D eigenvalue weighted by atomic mass is 10.1. The molecule has 1 aromatic carbocycles. The Morgan fingerprint density at radius 2 is 2.16 bits per heavy atom. The summed E-state index contributed by atoms with van der Waals surface area (Å²) >= 11 is 0. The van der Waals surface area contributed by atoms with Crippen molar-refractivity contribution in [3.05, 3.63) is 36.5 Å². The number of hydrogen-bond acceptors (Lipinski definition) is 3. The Hall–Kier alpha value is -2.14. The number of aromatic nitrogens is 2. The van der Waals surface area contributed by atoms with Gasteiger partial charge in [0.05, 0.1) is 6.20 Å². The molecule has 1 aliphatic rings. The Labute approximate surface area is 110 Å². The number of aliphatic hydroxyl groups excluding tert-OH is 1. The molecule has 1 aliphatic heterocycles. The van der Waals surface area contributed by atoms with Crippen LogP contribution in [0.4, 0.5) is 5.82 Å². The summed E-state index contributed by atoms with van der Waals surface area (Å²) in [4.78, 5) is 13.7. The number of H-pyrrole nitrogens is 1. The average Bonchev–Trinajstić information content (AvgIpc) is 3.05. The average molecular weight is 257 g/mol. The minimum Gasteiger partial charge on any atom is -0.396 e. The standard InChI is InChI=1S/C14H15N3O2/c18-9-10-6-13(19)17(8-10)14-12(7-15-16-14)11-4-2-1-3-5-11/h1-5,7,10,18H,6,8-9H2,(H,15,16). The minimum absolute atomic E-state index is 0.0134. The van der Waals surface area contributed by atoms with Crippen LogP contribution in [0.25, 0.3) is 11.1 Å². The second-order valence-electron chi connectivity index (χ2n) is 4.76. The second kappa shape index (κ2) is 4.85. The van der Waals surface area contributed by atoms with Gasteiger partial charge in [0.1, 0.15) is 5.82 Å². The predicted molar refractivity (Wildman–Crippen MR) is 71.6 cm³/mol. The van der Waals surface area contributed by atoms with Gasteiger partial charge in [0.15, 0.2) is 0 Å². The van der Waals surface area contributed by atoms with E-state index in [2.05, 4.69) is 10.2 Å². The van der Waals surface area contributed by atoms with E-state index < -0.39 is 0 Å². The number of aliphatic hydroxyl groups is 1. The number of benzene rings is 1. The number of carbonyl (C=O) groups excluding carboxylic acids is 1. The van der Waals surface area contributed by atoms with Crippen molar-refractivity contribution in [3.8, 4) is 11.1 Å². The number of rotatable bonds is 3. The normalized spacial score (nSPS) is 19.1. The molecule has 0 saturated carbocycles. The third-order valence-electron chi connectivity index (χ3n) is 3.44. The smallest absolute Gasteiger partial charge is 0.228 e. The van der Waals surface area contributed by atoms with Crippen LogP contribution in [0.2, 0.25) is 0 Å². The van der Waals surface area contributed by atoms with Crippen LogP contribution in [0, 0.1) is 5.92 Å². The van der Waals surface area contributed by atoms with Crippen LogP contribution in [0.3, 0.4) is 0 Å². The molecule has 98 valence electrons. The van der Waals surface area contributed by atoms with E-state index in [9.17, 15) is 9.90 Å². The molecule has 0 aliphatic carbocycles. The largest absolute Gasteiger partial charge is 0.396 e. The lowest BCUT2D eigenvalue weighted by Gasteiger charge is -2.16. The quantitative estimate of drug-likeness (QED) is 0.873. The van der Waals surface area contributed by atoms with E-state index in [1.54, 1.807) is 11.1 Å². The van der Waals surface area contributed by atoms with Crippen LogP contribution in [-0.2, 0) is 4.79 Å². The molecule has 2 heterocycles. The first-order valence-electron chi connectivity index (χ1n) is 6.29. The topological polar surface area (TPSA) is 69.2 Å². The first kappa shape index (κ1) is 11.9. The van der Waals surface area contributed by atoms with E-state index in [4.69, 9.17) is 0 Å². The second-order valence-corrected chi connectivity index (χ2v) is 4.76. The monoisotopic (exact) mass is 257 g/mol. The van der Waals surface area contributed by atoms with Crippen molar-refractivity contribution in [1.29, 1.82) is 0 Å². The first-order valence-corrected chi connectivity index (χ1v) is 6.29. The minimum atomic E-state index is 0.0134. The van der Waals surface area contributed by atoms with E-state index >= 15 is 0 Å². The van der Waals surface area contributed by atoms with Gasteiger partial charge in [0.25, 0.3) is 0 Å². The summed E-state index contributed by atoms with van der Waals surface area (Å²) in [6.07, 6.45) is 2.12. The lowest BCUT2D eigenvalue weighted by Crippen LogP contribution is -2.25. The Kier molecular flexibility index (Phi) is 3.05. The fourth-order valence-electron chi connectivity index (χ4n) is 2.43. The molecular weight excluding hydrogens is 242 g/mol. The van der Waals surface area contributed by atoms with Gasteiger partial charge >= 0.3 is 0 Å². The van der Waals surface area contributed by atoms with Gasteiger partial charge in [-0.3, -0.25) is 14.8 Å². The number of anilines is 1. The molecule has 1 aromatic heterocycles. The van der Waals surface area contributed by atoms with E-state index in [-0.39, 0.29) is 18.4 Å². The number of hydrogen-bond donors (Lipinski definition) is 2. The number of nitrogens with zero attached hydrogens (tertiary/aromatic N) is 2. The van der Waals surface area contributed by atoms with Crippen molar-refractivity contribution in [3.63, 3.8) is 0 Å². The predicted octanol–water partition coefficient (Wildman–Crippen LogP) is 1.42. The molecule has 2 aromatic rings. The zero-order valence-electron chi connectivity index (χ0n) is 10.4. The van der Waals surface area contributed by atoms with Gasteiger partial charge in [-0.2, -0.15) is 5.10 Å². The van der Waals surface area contributed by atoms with E-state index in [1.807, 2.05) is 30.3 Å². The van der Waals surface area contributed by atoms with Gasteiger partial charge in [-0.1, -0.05) is 30.3 Å². The summed E-state index contributed by atoms with van der Waals surface area (Å²) in [7, 11) is 0. The Morgan fingerprint density at radius 1 is 1.37 bits per heavy atom. The van der Waals surface area contributed by atoms with Crippen LogP contribution < -0.4 is 4.90 Å². The SMILES string of the molecule is O=C1CC(CO)CN1c1[nH]ncc1-c1ccccc1. The fourth-order valence-corrected chi connectivity index (χ4v) is 2.43. The summed E-state index contributed by atoms with van der Waals surface area (Å²) < 4.78 is 0. The van der Waals surface area contributed by atoms with E-state index in [0.29, 0.717) is 18.8 Å². The van der Waals surface area contributed by atoms with Crippen molar-refractivity contribution < 1.29 is 9.90 Å². The Morgan fingerprint density at radius 3 is 2.84 bits per heavy atom. The maximum Gasteiger partial charge on any atom is 0.228 e. The molecule has 5 nitrogen and oxygen atoms in total. The van der Waals surface area contributed by atoms with Crippen LogP contribution in [-0.4, -0.2) is 34.4 Å². The molecular formula is C14H15N3O2. The van der Waals surface area contributed by atoms with Crippen molar-refractivity contribution in [2.24, 2.45) is 5.92 Å². The first-order chi connectivity index (χ1) is 9.29. The molecule has 1 saturated heterocycles. The summed E-state index contributed by atoms with van der Waals surface area (Å²) in [5, 5.41) is 16.1. The molecule has 0 bridgehead atoms. The van der Waals surface area contributed by atoms with E-state index in [1.165, 1.54) is 0 Å². The highest BCUT2D eigenvalue weighted by Crippen LogP contribution is 2.32. The summed E-state index contributed by atoms with van der Waals surface area (Å²) in [6, 6.07) is 9.83. The van der Waals surface area contributed by atoms with Crippen molar-refractivity contribution in [1.82, 2.24) is 10.2 Å². The number of aromatic amines is 1. The molecule has 0 radical (unpaired) electrons. The van der Waals surface area contributed by atoms with Crippen LogP contribution in [0.15, 0.2) is 36.5 Å². The highest BCUT2D eigenvalue weighted by molar-refractivity contribution is 5.98. The van der Waals surface area contributed by atoms with Gasteiger partial charge in [0.2, 0.25) is 5.91 Å². The maximum absolute atomic E-state index is 12.0. The third kappa shape index (κ3) is 2.13. The van der Waals surface area contributed by atoms with Crippen molar-refractivity contribution in [2.45, 2.75) is 6.42 Å². The van der Waals surface area contributed by atoms with E-state index in [0.717, 1.165) is 11.1 Å². The lowest BCUT2D eigenvalue weighted by molar-refractivity contribution is -0.117. The van der Waals surface area contributed by atoms with Gasteiger partial charge in [-0.15, -0.1) is 0 Å². The van der Waals surface area contributed by atoms with Crippen molar-refractivity contribution >= 4 is 11.7 Å². The van der Waals surface area contributed by atoms with Gasteiger partial charge in [-0.25, -0.2) is 0 Å². The molecule has 1 amide bonds. The molecule has 2 N–H and O–H groups in total. The highest BCUT2D eigenvalue weighted by atomic mass is 16.3. The third-order valence-corrected chi connectivity index (χ3v) is 3.44. The number of nitrogens with one attached hydrogen (secondary N) is 1. The molecule has 5 heteroatoms. The molecule has 1 fully saturated rings. The van der Waals surface area contributed by atoms with Gasteiger partial charge in [0, 0.05) is 31.1 Å². The zero-order valence-corrected chi connectivity index (χ0v) is 10.4. The summed E-state index contributed by atoms with van der Waals surface area (Å²) in [5.74, 6) is 0.757. The Balaban J connectivity index is 1.95. The summed E-state index contributed by atoms with van der Waals surface area (Å²) in [6.45, 7) is 0.578. The molecule has 0 spiro atoms. The highest BCUT2D eigenvalue weighted by Gasteiger charge is 2.32. The molecule has 1 unspecified atom stereocenters. The van der Waals surface area contributed by atoms with Crippen LogP contribution >= 0.6 is 0 Å². The maximum atomic E-state index is 12.0. The van der Waals surface area contributed by atoms with Crippen LogP contribution in [0.5, 0.6) is 0 Å². The van der Waals surface area contributed by atoms with Crippen LogP contribution in [0.1, 0.15) is 6.42 Å². The molecule has 3 rings (SSSR count). The molecule has 19 heavy (non-hydrogen) atoms. The van der Waals surface area contributed by atoms with Crippen molar-refractivity contribution in [2.75, 3.05) is 18.1 Å². The fraction of sp³-hybridized carbons (Fsp3) is 0.286. The van der Waals surface area contributed by atoms with Gasteiger partial charge in [-0.05, 0) is 5.56 Å². The number of carbonyl (C=O) groups is 1. The van der Waals surface area contributed by atoms with Gasteiger partial charge < -0.3 is 5.11 Å². The summed E-state index contributed by atoms with van der Waals surface area (Å²) in [5.41, 5.74) is 1.93. The molecule has 1 atom stereocenters.